The zero-order chi connectivity index (χ0) is 25.4. The van der Waals surface area contributed by atoms with Crippen LogP contribution in [0.3, 0.4) is 0 Å². The summed E-state index contributed by atoms with van der Waals surface area (Å²) in [5.41, 5.74) is 1.34. The van der Waals surface area contributed by atoms with Crippen LogP contribution >= 0.6 is 0 Å². The van der Waals surface area contributed by atoms with Gasteiger partial charge in [0, 0.05) is 44.8 Å². The second-order valence-electron chi connectivity index (χ2n) is 8.25. The molecule has 0 bridgehead atoms. The van der Waals surface area contributed by atoms with Gasteiger partial charge in [0.15, 0.2) is 11.5 Å². The van der Waals surface area contributed by atoms with E-state index in [1.165, 1.54) is 0 Å². The van der Waals surface area contributed by atoms with Gasteiger partial charge in [0.25, 0.3) is 5.91 Å². The third kappa shape index (κ3) is 5.97. The summed E-state index contributed by atoms with van der Waals surface area (Å²) >= 11 is 0. The second-order valence-corrected chi connectivity index (χ2v) is 8.25. The largest absolute Gasteiger partial charge is 0.497 e. The predicted molar refractivity (Wildman–Crippen MR) is 131 cm³/mol. The number of benzene rings is 2. The minimum Gasteiger partial charge on any atom is -0.497 e. The lowest BCUT2D eigenvalue weighted by Crippen LogP contribution is -2.36. The molecule has 2 aromatic rings. The van der Waals surface area contributed by atoms with Gasteiger partial charge in [0.2, 0.25) is 11.7 Å². The lowest BCUT2D eigenvalue weighted by molar-refractivity contribution is -0.125. The van der Waals surface area contributed by atoms with Crippen LogP contribution < -0.4 is 24.3 Å². The Balaban J connectivity index is 1.93. The van der Waals surface area contributed by atoms with Crippen LogP contribution in [0.2, 0.25) is 0 Å². The summed E-state index contributed by atoms with van der Waals surface area (Å²) in [6.45, 7) is 1.70. The first-order valence-corrected chi connectivity index (χ1v) is 11.5. The highest BCUT2D eigenvalue weighted by atomic mass is 16.5. The van der Waals surface area contributed by atoms with E-state index in [0.717, 1.165) is 5.56 Å². The third-order valence-electron chi connectivity index (χ3n) is 6.20. The van der Waals surface area contributed by atoms with E-state index < -0.39 is 5.92 Å². The van der Waals surface area contributed by atoms with E-state index in [2.05, 4.69) is 5.32 Å². The maximum absolute atomic E-state index is 13.4. The van der Waals surface area contributed by atoms with E-state index in [9.17, 15) is 9.59 Å². The van der Waals surface area contributed by atoms with Crippen molar-refractivity contribution >= 4 is 11.8 Å². The summed E-state index contributed by atoms with van der Waals surface area (Å²) in [5, 5.41) is 2.99. The lowest BCUT2D eigenvalue weighted by atomic mass is 9.88. The van der Waals surface area contributed by atoms with Gasteiger partial charge in [-0.25, -0.2) is 0 Å². The van der Waals surface area contributed by atoms with Crippen molar-refractivity contribution in [2.45, 2.75) is 12.3 Å². The van der Waals surface area contributed by atoms with Gasteiger partial charge in [-0.15, -0.1) is 0 Å². The number of ether oxygens (including phenoxy) is 5. The molecule has 0 radical (unpaired) electrons. The molecule has 0 saturated carbocycles. The molecule has 1 aliphatic rings. The molecule has 2 amide bonds. The number of nitrogens with zero attached hydrogens (tertiary/aromatic N) is 1. The van der Waals surface area contributed by atoms with Crippen LogP contribution in [0.15, 0.2) is 36.4 Å². The lowest BCUT2D eigenvalue weighted by Gasteiger charge is -2.21. The zero-order valence-electron chi connectivity index (χ0n) is 21.0. The van der Waals surface area contributed by atoms with Gasteiger partial charge in [-0.1, -0.05) is 6.07 Å². The van der Waals surface area contributed by atoms with Crippen molar-refractivity contribution in [1.82, 2.24) is 10.2 Å². The van der Waals surface area contributed by atoms with Gasteiger partial charge in [-0.2, -0.15) is 0 Å². The van der Waals surface area contributed by atoms with E-state index in [1.54, 1.807) is 64.7 Å². The molecule has 1 N–H and O–H groups in total. The van der Waals surface area contributed by atoms with Gasteiger partial charge in [0.1, 0.15) is 5.75 Å². The first-order chi connectivity index (χ1) is 17.0. The van der Waals surface area contributed by atoms with Crippen LogP contribution in [0.25, 0.3) is 0 Å². The highest BCUT2D eigenvalue weighted by Gasteiger charge is 2.41. The molecule has 35 heavy (non-hydrogen) atoms. The van der Waals surface area contributed by atoms with Gasteiger partial charge < -0.3 is 33.9 Å². The van der Waals surface area contributed by atoms with Crippen LogP contribution in [0.5, 0.6) is 23.0 Å². The first kappa shape index (κ1) is 26.2. The smallest absolute Gasteiger partial charge is 0.254 e. The minimum absolute atomic E-state index is 0.110. The highest BCUT2D eigenvalue weighted by molar-refractivity contribution is 5.95. The molecule has 2 aromatic carbocycles. The van der Waals surface area contributed by atoms with Crippen molar-refractivity contribution in [3.8, 4) is 23.0 Å². The molecule has 0 aromatic heterocycles. The molecule has 190 valence electrons. The molecule has 1 heterocycles. The van der Waals surface area contributed by atoms with E-state index >= 15 is 0 Å². The van der Waals surface area contributed by atoms with E-state index in [4.69, 9.17) is 23.7 Å². The topological polar surface area (TPSA) is 95.6 Å². The van der Waals surface area contributed by atoms with Crippen LogP contribution in [0.4, 0.5) is 0 Å². The molecule has 9 nitrogen and oxygen atoms in total. The Hall–Kier alpha value is -3.46. The normalized spacial score (nSPS) is 17.1. The molecule has 0 spiro atoms. The van der Waals surface area contributed by atoms with Crippen LogP contribution in [0, 0.1) is 5.92 Å². The summed E-state index contributed by atoms with van der Waals surface area (Å²) in [5.74, 6) is 1.09. The summed E-state index contributed by atoms with van der Waals surface area (Å²) < 4.78 is 26.8. The number of hydrogen-bond donors (Lipinski definition) is 1. The van der Waals surface area contributed by atoms with Crippen molar-refractivity contribution < 1.29 is 33.3 Å². The number of rotatable bonds is 11. The number of carbonyl (C=O) groups is 2. The predicted octanol–water partition coefficient (Wildman–Crippen LogP) is 2.73. The molecular weight excluding hydrogens is 452 g/mol. The van der Waals surface area contributed by atoms with Crippen molar-refractivity contribution in [3.63, 3.8) is 0 Å². The SMILES string of the molecule is COCCCNC(=O)C1CN(C(=O)c2cccc(OC)c2)CC1c1cc(OC)c(OC)c(OC)c1. The van der Waals surface area contributed by atoms with Crippen molar-refractivity contribution in [3.05, 3.63) is 47.5 Å². The monoisotopic (exact) mass is 486 g/mol. The number of hydrogen-bond acceptors (Lipinski definition) is 7. The number of carbonyl (C=O) groups excluding carboxylic acids is 2. The fourth-order valence-electron chi connectivity index (χ4n) is 4.39. The number of amides is 2. The first-order valence-electron chi connectivity index (χ1n) is 11.5. The Morgan fingerprint density at radius 1 is 0.943 bits per heavy atom. The van der Waals surface area contributed by atoms with Crippen LogP contribution in [0.1, 0.15) is 28.3 Å². The number of methoxy groups -OCH3 is 5. The Morgan fingerprint density at radius 3 is 2.26 bits per heavy atom. The van der Waals surface area contributed by atoms with Gasteiger partial charge in [-0.3, -0.25) is 9.59 Å². The second kappa shape index (κ2) is 12.3. The summed E-state index contributed by atoms with van der Waals surface area (Å²) in [4.78, 5) is 28.3. The number of likely N-dealkylation sites (tertiary alicyclic amines) is 1. The average molecular weight is 487 g/mol. The summed E-state index contributed by atoms with van der Waals surface area (Å²) in [6.07, 6.45) is 0.705. The summed E-state index contributed by atoms with van der Waals surface area (Å²) in [6, 6.07) is 10.7. The van der Waals surface area contributed by atoms with Crippen molar-refractivity contribution in [2.24, 2.45) is 5.92 Å². The molecule has 2 unspecified atom stereocenters. The van der Waals surface area contributed by atoms with Gasteiger partial charge >= 0.3 is 0 Å². The zero-order valence-corrected chi connectivity index (χ0v) is 21.0. The van der Waals surface area contributed by atoms with Crippen molar-refractivity contribution in [2.75, 3.05) is 61.8 Å². The molecular formula is C26H34N2O7. The fraction of sp³-hybridized carbons (Fsp3) is 0.462. The molecule has 3 rings (SSSR count). The fourth-order valence-corrected chi connectivity index (χ4v) is 4.39. The molecule has 1 saturated heterocycles. The van der Waals surface area contributed by atoms with Crippen LogP contribution in [-0.2, 0) is 9.53 Å². The molecule has 1 fully saturated rings. The maximum atomic E-state index is 13.4. The third-order valence-corrected chi connectivity index (χ3v) is 6.20. The Bertz CT molecular complexity index is 1000. The Kier molecular flexibility index (Phi) is 9.19. The van der Waals surface area contributed by atoms with Gasteiger partial charge in [0.05, 0.1) is 34.4 Å². The summed E-state index contributed by atoms with van der Waals surface area (Å²) in [7, 11) is 7.83. The minimum atomic E-state index is -0.449. The highest BCUT2D eigenvalue weighted by Crippen LogP contribution is 2.43. The van der Waals surface area contributed by atoms with E-state index in [0.29, 0.717) is 54.7 Å². The average Bonchev–Trinajstić information content (AvgIpc) is 3.35. The number of nitrogens with one attached hydrogen (secondary N) is 1. The molecule has 1 aliphatic heterocycles. The molecule has 2 atom stereocenters. The van der Waals surface area contributed by atoms with E-state index in [-0.39, 0.29) is 24.3 Å². The Morgan fingerprint density at radius 2 is 1.66 bits per heavy atom. The quantitative estimate of drug-likeness (QED) is 0.488. The van der Waals surface area contributed by atoms with E-state index in [1.807, 2.05) is 12.1 Å². The van der Waals surface area contributed by atoms with Gasteiger partial charge in [-0.05, 0) is 42.3 Å². The van der Waals surface area contributed by atoms with Crippen LogP contribution in [-0.4, -0.2) is 78.5 Å². The maximum Gasteiger partial charge on any atom is 0.254 e. The molecule has 9 heteroatoms. The molecule has 0 aliphatic carbocycles. The Labute approximate surface area is 206 Å². The van der Waals surface area contributed by atoms with Crippen molar-refractivity contribution in [1.29, 1.82) is 0 Å². The standard InChI is InChI=1S/C26H34N2O7/c1-31-11-7-10-27-25(29)21-16-28(26(30)17-8-6-9-19(12-17)32-2)15-20(21)18-13-22(33-3)24(35-5)23(14-18)34-4/h6,8-9,12-14,20-21H,7,10-11,15-16H2,1-5H3,(H,27,29).